The summed E-state index contributed by atoms with van der Waals surface area (Å²) in [7, 11) is 0. The first-order valence-electron chi connectivity index (χ1n) is 7.47. The molecule has 2 heterocycles. The Labute approximate surface area is 116 Å². The molecule has 19 heavy (non-hydrogen) atoms. The molecule has 2 unspecified atom stereocenters. The van der Waals surface area contributed by atoms with Crippen LogP contribution in [0.1, 0.15) is 53.4 Å². The summed E-state index contributed by atoms with van der Waals surface area (Å²) in [6, 6.07) is -0.0706. The van der Waals surface area contributed by atoms with Gasteiger partial charge in [-0.25, -0.2) is 0 Å². The van der Waals surface area contributed by atoms with E-state index in [-0.39, 0.29) is 18.1 Å². The summed E-state index contributed by atoms with van der Waals surface area (Å²) in [6.45, 7) is 9.74. The van der Waals surface area contributed by atoms with Gasteiger partial charge in [-0.15, -0.1) is 0 Å². The Morgan fingerprint density at radius 1 is 1.32 bits per heavy atom. The van der Waals surface area contributed by atoms with Gasteiger partial charge in [0.15, 0.2) is 0 Å². The highest BCUT2D eigenvalue weighted by molar-refractivity contribution is 5.76. The lowest BCUT2D eigenvalue weighted by Crippen LogP contribution is -2.43. The first kappa shape index (κ1) is 14.8. The molecule has 0 N–H and O–H groups in total. The summed E-state index contributed by atoms with van der Waals surface area (Å²) in [5.41, 5.74) is -0.399. The van der Waals surface area contributed by atoms with Crippen molar-refractivity contribution in [3.05, 3.63) is 0 Å². The van der Waals surface area contributed by atoms with E-state index in [0.717, 1.165) is 38.8 Å². The van der Waals surface area contributed by atoms with Gasteiger partial charge >= 0.3 is 5.97 Å². The van der Waals surface area contributed by atoms with Crippen molar-refractivity contribution in [2.45, 2.75) is 77.2 Å². The molecule has 3 atom stereocenters. The van der Waals surface area contributed by atoms with Crippen LogP contribution in [-0.2, 0) is 14.3 Å². The molecule has 0 aromatic carbocycles. The van der Waals surface area contributed by atoms with Gasteiger partial charge in [-0.2, -0.15) is 0 Å². The van der Waals surface area contributed by atoms with Gasteiger partial charge in [-0.05, 0) is 59.9 Å². The largest absolute Gasteiger partial charge is 0.459 e. The zero-order chi connectivity index (χ0) is 14.0. The van der Waals surface area contributed by atoms with Gasteiger partial charge in [0.05, 0.1) is 12.2 Å². The van der Waals surface area contributed by atoms with Gasteiger partial charge in [0.2, 0.25) is 0 Å². The highest BCUT2D eigenvalue weighted by Gasteiger charge is 2.36. The molecule has 0 aliphatic carbocycles. The van der Waals surface area contributed by atoms with Gasteiger partial charge < -0.3 is 9.47 Å². The molecule has 2 saturated heterocycles. The highest BCUT2D eigenvalue weighted by Crippen LogP contribution is 2.25. The lowest BCUT2D eigenvalue weighted by Gasteiger charge is -2.28. The highest BCUT2D eigenvalue weighted by atomic mass is 16.6. The van der Waals surface area contributed by atoms with Crippen molar-refractivity contribution >= 4 is 5.97 Å². The van der Waals surface area contributed by atoms with Crippen molar-refractivity contribution in [2.24, 2.45) is 0 Å². The molecule has 0 aromatic heterocycles. The normalized spacial score (nSPS) is 32.7. The maximum Gasteiger partial charge on any atom is 0.323 e. The third kappa shape index (κ3) is 4.18. The number of carbonyl (C=O) groups excluding carboxylic acids is 1. The predicted octanol–water partition coefficient (Wildman–Crippen LogP) is 2.36. The molecule has 2 aliphatic heterocycles. The number of hydrogen-bond donors (Lipinski definition) is 0. The fourth-order valence-corrected chi connectivity index (χ4v) is 2.96. The van der Waals surface area contributed by atoms with Gasteiger partial charge in [-0.3, -0.25) is 9.69 Å². The number of likely N-dealkylation sites (tertiary alicyclic amines) is 1. The van der Waals surface area contributed by atoms with Gasteiger partial charge in [0, 0.05) is 6.54 Å². The predicted molar refractivity (Wildman–Crippen MR) is 74.0 cm³/mol. The quantitative estimate of drug-likeness (QED) is 0.737. The summed E-state index contributed by atoms with van der Waals surface area (Å²) in [5.74, 6) is -0.0731. The minimum atomic E-state index is -0.399. The second-order valence-corrected chi connectivity index (χ2v) is 6.83. The van der Waals surface area contributed by atoms with Crippen LogP contribution >= 0.6 is 0 Å². The van der Waals surface area contributed by atoms with Crippen LogP contribution in [-0.4, -0.2) is 47.8 Å². The molecular formula is C15H27NO3. The Hall–Kier alpha value is -0.610. The lowest BCUT2D eigenvalue weighted by atomic mass is 10.1. The Morgan fingerprint density at radius 2 is 2.05 bits per heavy atom. The molecule has 0 spiro atoms. The van der Waals surface area contributed by atoms with E-state index in [2.05, 4.69) is 11.8 Å². The average molecular weight is 269 g/mol. The van der Waals surface area contributed by atoms with Crippen LogP contribution in [0.5, 0.6) is 0 Å². The van der Waals surface area contributed by atoms with Crippen LogP contribution in [0.3, 0.4) is 0 Å². The van der Waals surface area contributed by atoms with Crippen molar-refractivity contribution in [1.29, 1.82) is 0 Å². The molecule has 110 valence electrons. The van der Waals surface area contributed by atoms with Crippen molar-refractivity contribution in [1.82, 2.24) is 4.90 Å². The van der Waals surface area contributed by atoms with Gasteiger partial charge in [-0.1, -0.05) is 0 Å². The second-order valence-electron chi connectivity index (χ2n) is 6.83. The van der Waals surface area contributed by atoms with E-state index in [1.165, 1.54) is 0 Å². The average Bonchev–Trinajstić information content (AvgIpc) is 2.86. The van der Waals surface area contributed by atoms with E-state index in [1.807, 2.05) is 20.8 Å². The molecule has 0 amide bonds. The number of nitrogens with zero attached hydrogens (tertiary/aromatic N) is 1. The third-order valence-corrected chi connectivity index (χ3v) is 3.80. The van der Waals surface area contributed by atoms with Crippen LogP contribution < -0.4 is 0 Å². The SMILES string of the molecule is CC1CCC(CN2CCC[C@H]2C(=O)OC(C)(C)C)O1. The van der Waals surface area contributed by atoms with Crippen LogP contribution in [0, 0.1) is 0 Å². The van der Waals surface area contributed by atoms with E-state index in [1.54, 1.807) is 0 Å². The lowest BCUT2D eigenvalue weighted by molar-refractivity contribution is -0.160. The summed E-state index contributed by atoms with van der Waals surface area (Å²) in [6.07, 6.45) is 4.89. The van der Waals surface area contributed by atoms with Crippen LogP contribution in [0.15, 0.2) is 0 Å². The zero-order valence-electron chi connectivity index (χ0n) is 12.6. The van der Waals surface area contributed by atoms with Crippen LogP contribution in [0.2, 0.25) is 0 Å². The van der Waals surface area contributed by atoms with E-state index in [9.17, 15) is 4.79 Å². The van der Waals surface area contributed by atoms with Crippen molar-refractivity contribution in [3.8, 4) is 0 Å². The fourth-order valence-electron chi connectivity index (χ4n) is 2.96. The van der Waals surface area contributed by atoms with Crippen molar-refractivity contribution in [2.75, 3.05) is 13.1 Å². The molecule has 4 nitrogen and oxygen atoms in total. The van der Waals surface area contributed by atoms with Crippen molar-refractivity contribution < 1.29 is 14.3 Å². The Kier molecular flexibility index (Phi) is 4.51. The van der Waals surface area contributed by atoms with Crippen LogP contribution in [0.25, 0.3) is 0 Å². The van der Waals surface area contributed by atoms with E-state index < -0.39 is 5.60 Å². The number of ether oxygens (including phenoxy) is 2. The maximum atomic E-state index is 12.2. The summed E-state index contributed by atoms with van der Waals surface area (Å²) >= 11 is 0. The molecule has 0 aromatic rings. The van der Waals surface area contributed by atoms with E-state index in [4.69, 9.17) is 9.47 Å². The number of esters is 1. The summed E-state index contributed by atoms with van der Waals surface area (Å²) in [4.78, 5) is 14.5. The number of carbonyl (C=O) groups is 1. The van der Waals surface area contributed by atoms with Gasteiger partial charge in [0.1, 0.15) is 11.6 Å². The van der Waals surface area contributed by atoms with E-state index >= 15 is 0 Å². The minimum absolute atomic E-state index is 0.0706. The molecule has 2 rings (SSSR count). The summed E-state index contributed by atoms with van der Waals surface area (Å²) < 4.78 is 11.4. The molecule has 0 bridgehead atoms. The minimum Gasteiger partial charge on any atom is -0.459 e. The number of hydrogen-bond acceptors (Lipinski definition) is 4. The summed E-state index contributed by atoms with van der Waals surface area (Å²) in [5, 5.41) is 0. The standard InChI is InChI=1S/C15H27NO3/c1-11-7-8-12(18-11)10-16-9-5-6-13(16)14(17)19-15(2,3)4/h11-13H,5-10H2,1-4H3/t11?,12?,13-/m0/s1. The maximum absolute atomic E-state index is 12.2. The van der Waals surface area contributed by atoms with Crippen molar-refractivity contribution in [3.63, 3.8) is 0 Å². The molecule has 0 saturated carbocycles. The zero-order valence-corrected chi connectivity index (χ0v) is 12.6. The molecular weight excluding hydrogens is 242 g/mol. The molecule has 2 aliphatic rings. The first-order chi connectivity index (χ1) is 8.85. The second kappa shape index (κ2) is 5.80. The molecule has 0 radical (unpaired) electrons. The Balaban J connectivity index is 1.88. The first-order valence-corrected chi connectivity index (χ1v) is 7.47. The molecule has 2 fully saturated rings. The van der Waals surface area contributed by atoms with Crippen LogP contribution in [0.4, 0.5) is 0 Å². The van der Waals surface area contributed by atoms with E-state index in [0.29, 0.717) is 6.10 Å². The monoisotopic (exact) mass is 269 g/mol. The van der Waals surface area contributed by atoms with Gasteiger partial charge in [0.25, 0.3) is 0 Å². The Bertz CT molecular complexity index is 324. The fraction of sp³-hybridized carbons (Fsp3) is 0.933. The Morgan fingerprint density at radius 3 is 2.63 bits per heavy atom. The molecule has 4 heteroatoms. The third-order valence-electron chi connectivity index (χ3n) is 3.80. The topological polar surface area (TPSA) is 38.8 Å². The number of rotatable bonds is 3. The smallest absolute Gasteiger partial charge is 0.323 e.